The van der Waals surface area contributed by atoms with Crippen LogP contribution in [0.1, 0.15) is 6.92 Å². The minimum atomic E-state index is -5.08. The fourth-order valence-electron chi connectivity index (χ4n) is 3.61. The van der Waals surface area contributed by atoms with Gasteiger partial charge in [-0.05, 0) is 19.1 Å². The lowest BCUT2D eigenvalue weighted by Gasteiger charge is -2.28. The minimum absolute atomic E-state index is 0.171. The lowest BCUT2D eigenvalue weighted by molar-refractivity contribution is -0.192. The summed E-state index contributed by atoms with van der Waals surface area (Å²) in [6, 6.07) is 7.54. The Morgan fingerprint density at radius 3 is 2.53 bits per heavy atom. The van der Waals surface area contributed by atoms with Crippen molar-refractivity contribution in [2.75, 3.05) is 31.1 Å². The highest BCUT2D eigenvalue weighted by Crippen LogP contribution is 2.29. The molecule has 0 spiro atoms. The van der Waals surface area contributed by atoms with Gasteiger partial charge in [-0.25, -0.2) is 14.8 Å². The summed E-state index contributed by atoms with van der Waals surface area (Å²) < 4.78 is 40.9. The van der Waals surface area contributed by atoms with E-state index in [1.54, 1.807) is 14.0 Å². The third-order valence-corrected chi connectivity index (χ3v) is 6.33. The molecule has 15 heteroatoms. The Kier molecular flexibility index (Phi) is 7.93. The van der Waals surface area contributed by atoms with E-state index in [0.717, 1.165) is 37.6 Å². The molecule has 38 heavy (non-hydrogen) atoms. The number of nitrogens with one attached hydrogen (secondary N) is 1. The largest absolute Gasteiger partial charge is 0.490 e. The number of alkyl halides is 3. The number of carboxylic acids is 1. The number of piperazine rings is 1. The van der Waals surface area contributed by atoms with Gasteiger partial charge in [-0.3, -0.25) is 13.9 Å². The quantitative estimate of drug-likeness (QED) is 0.289. The number of hydrogen-bond acceptors (Lipinski definition) is 9. The highest BCUT2D eigenvalue weighted by Gasteiger charge is 2.38. The lowest BCUT2D eigenvalue weighted by Crippen LogP contribution is -2.44. The van der Waals surface area contributed by atoms with E-state index in [1.807, 2.05) is 28.8 Å². The summed E-state index contributed by atoms with van der Waals surface area (Å²) in [5.74, 6) is 3.94. The fraction of sp³-hybridized carbons (Fsp3) is 0.348. The normalized spacial score (nSPS) is 13.7. The van der Waals surface area contributed by atoms with Crippen molar-refractivity contribution in [1.29, 1.82) is 0 Å². The van der Waals surface area contributed by atoms with Gasteiger partial charge in [0.2, 0.25) is 5.95 Å². The summed E-state index contributed by atoms with van der Waals surface area (Å²) >= 11 is 1.21. The van der Waals surface area contributed by atoms with Gasteiger partial charge >= 0.3 is 12.1 Å². The number of para-hydroxylation sites is 2. The van der Waals surface area contributed by atoms with Crippen molar-refractivity contribution in [3.05, 3.63) is 34.6 Å². The molecular weight excluding hydrogens is 527 g/mol. The van der Waals surface area contributed by atoms with Crippen molar-refractivity contribution in [2.45, 2.75) is 30.0 Å². The molecule has 0 aliphatic carbocycles. The van der Waals surface area contributed by atoms with Crippen LogP contribution >= 0.6 is 11.8 Å². The number of imidazole rings is 1. The number of carbonyl (C=O) groups is 1. The third-order valence-electron chi connectivity index (χ3n) is 5.43. The summed E-state index contributed by atoms with van der Waals surface area (Å²) in [7, 11) is 1.70. The number of aliphatic carboxylic acids is 1. The smallest absolute Gasteiger partial charge is 0.475 e. The van der Waals surface area contributed by atoms with E-state index in [2.05, 4.69) is 32.0 Å². The second-order valence-corrected chi connectivity index (χ2v) is 8.86. The number of aromatic nitrogens is 5. The standard InChI is InChI=1S/C21H21N7O2S.C2HF3O2/c1-3-4-11-28-16-17(24-19(28)27-12-9-22-10-13-27)25-20(26(2)18(16)29)31-21-23-14-7-5-6-8-15(14)30-21;3-2(4,5)1(6)7/h5-8,22H,9-13H2,1-2H3;(H,6,7). The van der Waals surface area contributed by atoms with E-state index in [1.165, 1.54) is 16.3 Å². The first-order valence-electron chi connectivity index (χ1n) is 11.3. The summed E-state index contributed by atoms with van der Waals surface area (Å²) in [5.41, 5.74) is 2.16. The predicted molar refractivity (Wildman–Crippen MR) is 133 cm³/mol. The molecule has 1 saturated heterocycles. The van der Waals surface area contributed by atoms with Crippen LogP contribution in [0.5, 0.6) is 0 Å². The van der Waals surface area contributed by atoms with Crippen molar-refractivity contribution in [3.63, 3.8) is 0 Å². The van der Waals surface area contributed by atoms with E-state index in [-0.39, 0.29) is 5.56 Å². The topological polar surface area (TPSA) is 131 Å². The van der Waals surface area contributed by atoms with Crippen LogP contribution in [0.15, 0.2) is 43.9 Å². The number of fused-ring (bicyclic) bond motifs is 2. The summed E-state index contributed by atoms with van der Waals surface area (Å²) in [5, 5.41) is 11.4. The third kappa shape index (κ3) is 5.76. The number of rotatable bonds is 4. The van der Waals surface area contributed by atoms with Crippen LogP contribution in [0, 0.1) is 11.8 Å². The lowest BCUT2D eigenvalue weighted by atomic mass is 10.3. The Morgan fingerprint density at radius 2 is 1.89 bits per heavy atom. The molecule has 2 N–H and O–H groups in total. The second kappa shape index (κ2) is 11.2. The molecule has 3 aromatic heterocycles. The zero-order chi connectivity index (χ0) is 27.4. The van der Waals surface area contributed by atoms with Crippen molar-refractivity contribution in [1.82, 2.24) is 29.4 Å². The van der Waals surface area contributed by atoms with Gasteiger partial charge in [0, 0.05) is 45.0 Å². The maximum absolute atomic E-state index is 13.3. The molecule has 0 atom stereocenters. The van der Waals surface area contributed by atoms with Gasteiger partial charge in [0.1, 0.15) is 5.52 Å². The van der Waals surface area contributed by atoms with E-state index >= 15 is 0 Å². The van der Waals surface area contributed by atoms with Crippen LogP contribution in [0.25, 0.3) is 22.3 Å². The van der Waals surface area contributed by atoms with Gasteiger partial charge < -0.3 is 19.7 Å². The number of benzene rings is 1. The summed E-state index contributed by atoms with van der Waals surface area (Å²) in [6.45, 7) is 5.54. The molecule has 200 valence electrons. The molecule has 0 unspecified atom stereocenters. The Labute approximate surface area is 217 Å². The molecule has 1 aliphatic rings. The number of hydrogen-bond donors (Lipinski definition) is 2. The van der Waals surface area contributed by atoms with Crippen LogP contribution in [-0.2, 0) is 18.4 Å². The number of carboxylic acid groups (broad SMARTS) is 1. The molecule has 0 amide bonds. The average Bonchev–Trinajstić information content (AvgIpc) is 3.47. The second-order valence-electron chi connectivity index (χ2n) is 7.95. The minimum Gasteiger partial charge on any atom is -0.475 e. The van der Waals surface area contributed by atoms with Gasteiger partial charge in [-0.1, -0.05) is 18.1 Å². The molecule has 0 bridgehead atoms. The van der Waals surface area contributed by atoms with Gasteiger partial charge in [0.15, 0.2) is 21.9 Å². The zero-order valence-electron chi connectivity index (χ0n) is 20.2. The van der Waals surface area contributed by atoms with E-state index in [4.69, 9.17) is 19.3 Å². The van der Waals surface area contributed by atoms with Crippen LogP contribution < -0.4 is 15.8 Å². The van der Waals surface area contributed by atoms with Crippen molar-refractivity contribution in [2.24, 2.45) is 7.05 Å². The highest BCUT2D eigenvalue weighted by atomic mass is 32.2. The predicted octanol–water partition coefficient (Wildman–Crippen LogP) is 2.49. The average molecular weight is 550 g/mol. The van der Waals surface area contributed by atoms with E-state index in [9.17, 15) is 18.0 Å². The molecule has 1 aliphatic heterocycles. The summed E-state index contributed by atoms with van der Waals surface area (Å²) in [6.07, 6.45) is -5.08. The number of halogens is 3. The SMILES string of the molecule is CC#CCn1c(N2CCNCC2)nc2nc(Sc3nc4ccccc4o3)n(C)c(=O)c21.O=C(O)C(F)(F)F. The number of nitrogens with zero attached hydrogens (tertiary/aromatic N) is 6. The van der Waals surface area contributed by atoms with Gasteiger partial charge in [-0.2, -0.15) is 18.2 Å². The maximum atomic E-state index is 13.3. The van der Waals surface area contributed by atoms with Crippen molar-refractivity contribution in [3.8, 4) is 11.8 Å². The van der Waals surface area contributed by atoms with Crippen LogP contribution in [-0.4, -0.2) is 67.5 Å². The molecule has 1 aromatic carbocycles. The summed E-state index contributed by atoms with van der Waals surface area (Å²) in [4.78, 5) is 38.3. The highest BCUT2D eigenvalue weighted by molar-refractivity contribution is 7.99. The molecule has 4 aromatic rings. The van der Waals surface area contributed by atoms with Gasteiger partial charge in [-0.15, -0.1) is 5.92 Å². The first-order valence-corrected chi connectivity index (χ1v) is 12.1. The first-order chi connectivity index (χ1) is 18.1. The molecule has 1 fully saturated rings. The van der Waals surface area contributed by atoms with E-state index < -0.39 is 12.1 Å². The number of anilines is 1. The van der Waals surface area contributed by atoms with E-state index in [0.29, 0.717) is 33.7 Å². The molecule has 11 nitrogen and oxygen atoms in total. The fourth-order valence-corrected chi connectivity index (χ4v) is 4.39. The Balaban J connectivity index is 0.000000426. The van der Waals surface area contributed by atoms with Gasteiger partial charge in [0.05, 0.1) is 6.54 Å². The zero-order valence-corrected chi connectivity index (χ0v) is 21.1. The Morgan fingerprint density at radius 1 is 1.21 bits per heavy atom. The first kappa shape index (κ1) is 27.0. The van der Waals surface area contributed by atoms with Gasteiger partial charge in [0.25, 0.3) is 10.8 Å². The number of oxazole rings is 1. The Bertz CT molecular complexity index is 1560. The molecule has 0 radical (unpaired) electrons. The molecule has 0 saturated carbocycles. The van der Waals surface area contributed by atoms with Crippen molar-refractivity contribution < 1.29 is 27.5 Å². The Hall–Kier alpha value is -4.03. The van der Waals surface area contributed by atoms with Crippen LogP contribution in [0.4, 0.5) is 19.1 Å². The molecule has 4 heterocycles. The maximum Gasteiger partial charge on any atom is 0.490 e. The molecular formula is C23H22F3N7O4S. The van der Waals surface area contributed by atoms with Crippen LogP contribution in [0.3, 0.4) is 0 Å². The monoisotopic (exact) mass is 549 g/mol. The van der Waals surface area contributed by atoms with Crippen molar-refractivity contribution >= 4 is 45.9 Å². The molecule has 5 rings (SSSR count). The van der Waals surface area contributed by atoms with Crippen LogP contribution in [0.2, 0.25) is 0 Å².